The van der Waals surface area contributed by atoms with E-state index in [1.807, 2.05) is 0 Å². The fourth-order valence-electron chi connectivity index (χ4n) is 3.71. The lowest BCUT2D eigenvalue weighted by Gasteiger charge is -2.19. The molecule has 2 heterocycles. The maximum absolute atomic E-state index is 12.6. The number of hydrogen-bond donors (Lipinski definition) is 0. The summed E-state index contributed by atoms with van der Waals surface area (Å²) in [6, 6.07) is 6.55. The van der Waals surface area contributed by atoms with E-state index in [0.29, 0.717) is 15.7 Å². The monoisotopic (exact) mass is 401 g/mol. The molecule has 1 aromatic heterocycles. The molecule has 1 saturated heterocycles. The molecule has 2 amide bonds. The molecule has 2 atom stereocenters. The van der Waals surface area contributed by atoms with Gasteiger partial charge in [0.2, 0.25) is 11.8 Å². The first-order valence-electron chi connectivity index (χ1n) is 8.29. The molecule has 0 N–H and O–H groups in total. The predicted octanol–water partition coefficient (Wildman–Crippen LogP) is 3.01. The van der Waals surface area contributed by atoms with E-state index in [1.165, 1.54) is 15.8 Å². The Balaban J connectivity index is 1.59. The van der Waals surface area contributed by atoms with Gasteiger partial charge in [0, 0.05) is 11.8 Å². The molecule has 25 heavy (non-hydrogen) atoms. The second-order valence-corrected chi connectivity index (χ2v) is 7.38. The minimum absolute atomic E-state index is 0.107. The van der Waals surface area contributed by atoms with Crippen LogP contribution in [0.2, 0.25) is 0 Å². The van der Waals surface area contributed by atoms with Gasteiger partial charge in [0.25, 0.3) is 5.91 Å². The van der Waals surface area contributed by atoms with Crippen LogP contribution in [0, 0.1) is 11.8 Å². The maximum Gasteiger partial charge on any atom is 0.278 e. The molecule has 1 aliphatic heterocycles. The molecule has 0 spiro atoms. The Labute approximate surface area is 152 Å². The highest BCUT2D eigenvalue weighted by molar-refractivity contribution is 9.10. The zero-order chi connectivity index (χ0) is 17.6. The van der Waals surface area contributed by atoms with Crippen LogP contribution in [0.4, 0.5) is 5.69 Å². The van der Waals surface area contributed by atoms with Gasteiger partial charge in [0.05, 0.1) is 28.2 Å². The number of nitrogens with zero attached hydrogens (tertiary/aromatic N) is 3. The molecule has 2 aromatic rings. The van der Waals surface area contributed by atoms with E-state index in [1.54, 1.807) is 30.5 Å². The van der Waals surface area contributed by atoms with E-state index < -0.39 is 0 Å². The van der Waals surface area contributed by atoms with Crippen LogP contribution >= 0.6 is 15.9 Å². The van der Waals surface area contributed by atoms with E-state index in [2.05, 4.69) is 21.0 Å². The van der Waals surface area contributed by atoms with Crippen molar-refractivity contribution in [1.82, 2.24) is 9.78 Å². The number of benzene rings is 1. The van der Waals surface area contributed by atoms with Crippen molar-refractivity contribution < 1.29 is 14.4 Å². The number of anilines is 1. The first-order chi connectivity index (χ1) is 12.1. The lowest BCUT2D eigenvalue weighted by molar-refractivity contribution is -0.122. The summed E-state index contributed by atoms with van der Waals surface area (Å²) in [7, 11) is 0. The van der Waals surface area contributed by atoms with E-state index in [9.17, 15) is 14.4 Å². The van der Waals surface area contributed by atoms with Crippen molar-refractivity contribution in [2.24, 2.45) is 11.8 Å². The summed E-state index contributed by atoms with van der Waals surface area (Å²) in [5, 5.41) is 3.97. The standard InChI is InChI=1S/C18H16BrN3O3/c19-12-9-20-21(10-12)16(23)11-5-7-13(8-6-11)22-17(24)14-3-1-2-4-15(14)18(22)25/h5-10,14-15H,1-4H2/t14-,15+. The molecule has 7 heteroatoms. The smallest absolute Gasteiger partial charge is 0.274 e. The summed E-state index contributed by atoms with van der Waals surface area (Å²) in [5.41, 5.74) is 0.971. The molecular weight excluding hydrogens is 386 g/mol. The SMILES string of the molecule is O=C1[C@H]2CCCC[C@H]2C(=O)N1c1ccc(C(=O)n2cc(Br)cn2)cc1. The Morgan fingerprint density at radius 1 is 1.04 bits per heavy atom. The zero-order valence-corrected chi connectivity index (χ0v) is 15.0. The highest BCUT2D eigenvalue weighted by Crippen LogP contribution is 2.40. The summed E-state index contributed by atoms with van der Waals surface area (Å²) in [5.74, 6) is -0.840. The molecule has 0 bridgehead atoms. The third kappa shape index (κ3) is 2.72. The van der Waals surface area contributed by atoms with Gasteiger partial charge in [-0.15, -0.1) is 0 Å². The summed E-state index contributed by atoms with van der Waals surface area (Å²) < 4.78 is 1.95. The molecule has 2 aliphatic rings. The first kappa shape index (κ1) is 16.2. The van der Waals surface area contributed by atoms with Crippen LogP contribution in [-0.2, 0) is 9.59 Å². The van der Waals surface area contributed by atoms with Crippen LogP contribution in [-0.4, -0.2) is 27.5 Å². The van der Waals surface area contributed by atoms with Gasteiger partial charge in [0.1, 0.15) is 0 Å². The number of amides is 2. The van der Waals surface area contributed by atoms with Crippen LogP contribution in [0.15, 0.2) is 41.1 Å². The quantitative estimate of drug-likeness (QED) is 0.724. The molecule has 0 unspecified atom stereocenters. The van der Waals surface area contributed by atoms with Gasteiger partial charge < -0.3 is 0 Å². The number of hydrogen-bond acceptors (Lipinski definition) is 4. The number of imide groups is 1. The van der Waals surface area contributed by atoms with Crippen molar-refractivity contribution in [1.29, 1.82) is 0 Å². The Hall–Kier alpha value is -2.28. The number of carbonyl (C=O) groups is 3. The summed E-state index contributed by atoms with van der Waals surface area (Å²) in [4.78, 5) is 38.9. The van der Waals surface area contributed by atoms with Gasteiger partial charge in [-0.05, 0) is 53.0 Å². The third-order valence-corrected chi connectivity index (χ3v) is 5.38. The van der Waals surface area contributed by atoms with Crippen LogP contribution in [0.25, 0.3) is 0 Å². The molecule has 128 valence electrons. The third-order valence-electron chi connectivity index (χ3n) is 4.97. The van der Waals surface area contributed by atoms with Gasteiger partial charge >= 0.3 is 0 Å². The number of carbonyl (C=O) groups excluding carboxylic acids is 3. The van der Waals surface area contributed by atoms with Gasteiger partial charge in [-0.2, -0.15) is 5.10 Å². The first-order valence-corrected chi connectivity index (χ1v) is 9.08. The number of halogens is 1. The fourth-order valence-corrected chi connectivity index (χ4v) is 4.00. The highest BCUT2D eigenvalue weighted by Gasteiger charge is 2.48. The van der Waals surface area contributed by atoms with Crippen molar-refractivity contribution >= 4 is 39.3 Å². The summed E-state index contributed by atoms with van der Waals surface area (Å²) in [6.07, 6.45) is 6.69. The summed E-state index contributed by atoms with van der Waals surface area (Å²) in [6.45, 7) is 0. The van der Waals surface area contributed by atoms with Crippen molar-refractivity contribution in [2.45, 2.75) is 25.7 Å². The molecule has 1 saturated carbocycles. The van der Waals surface area contributed by atoms with Crippen molar-refractivity contribution in [2.75, 3.05) is 4.90 Å². The van der Waals surface area contributed by atoms with E-state index in [4.69, 9.17) is 0 Å². The normalized spacial score (nSPS) is 23.0. The van der Waals surface area contributed by atoms with Gasteiger partial charge in [0.15, 0.2) is 0 Å². The zero-order valence-electron chi connectivity index (χ0n) is 13.4. The Bertz CT molecular complexity index is 835. The number of fused-ring (bicyclic) bond motifs is 1. The lowest BCUT2D eigenvalue weighted by Crippen LogP contribution is -2.30. The Kier molecular flexibility index (Phi) is 4.03. The second kappa shape index (κ2) is 6.22. The Morgan fingerprint density at radius 2 is 1.64 bits per heavy atom. The van der Waals surface area contributed by atoms with Crippen LogP contribution < -0.4 is 4.90 Å². The van der Waals surface area contributed by atoms with E-state index in [-0.39, 0.29) is 29.6 Å². The molecule has 1 aliphatic carbocycles. The largest absolute Gasteiger partial charge is 0.278 e. The minimum atomic E-state index is -0.273. The van der Waals surface area contributed by atoms with Crippen molar-refractivity contribution in [3.63, 3.8) is 0 Å². The molecule has 4 rings (SSSR count). The number of rotatable bonds is 2. The van der Waals surface area contributed by atoms with Gasteiger partial charge in [-0.3, -0.25) is 19.3 Å². The minimum Gasteiger partial charge on any atom is -0.274 e. The Morgan fingerprint density at radius 3 is 2.16 bits per heavy atom. The van der Waals surface area contributed by atoms with E-state index >= 15 is 0 Å². The van der Waals surface area contributed by atoms with Crippen LogP contribution in [0.5, 0.6) is 0 Å². The molecule has 2 fully saturated rings. The molecule has 0 radical (unpaired) electrons. The average Bonchev–Trinajstić information content (AvgIpc) is 3.17. The van der Waals surface area contributed by atoms with E-state index in [0.717, 1.165) is 25.7 Å². The molecule has 1 aromatic carbocycles. The average molecular weight is 402 g/mol. The summed E-state index contributed by atoms with van der Waals surface area (Å²) >= 11 is 3.26. The van der Waals surface area contributed by atoms with Crippen LogP contribution in [0.3, 0.4) is 0 Å². The van der Waals surface area contributed by atoms with Crippen LogP contribution in [0.1, 0.15) is 36.0 Å². The van der Waals surface area contributed by atoms with Crippen molar-refractivity contribution in [3.8, 4) is 0 Å². The highest BCUT2D eigenvalue weighted by atomic mass is 79.9. The molecular formula is C18H16BrN3O3. The number of aromatic nitrogens is 2. The predicted molar refractivity (Wildman–Crippen MR) is 94.0 cm³/mol. The van der Waals surface area contributed by atoms with Gasteiger partial charge in [-0.1, -0.05) is 12.8 Å². The second-order valence-electron chi connectivity index (χ2n) is 6.46. The van der Waals surface area contributed by atoms with Gasteiger partial charge in [-0.25, -0.2) is 4.68 Å². The lowest BCUT2D eigenvalue weighted by atomic mass is 9.81. The maximum atomic E-state index is 12.6. The van der Waals surface area contributed by atoms with Crippen molar-refractivity contribution in [3.05, 3.63) is 46.7 Å². The topological polar surface area (TPSA) is 72.3 Å². The molecule has 6 nitrogen and oxygen atoms in total. The fraction of sp³-hybridized carbons (Fsp3) is 0.333.